The average molecular weight is 279 g/mol. The smallest absolute Gasteiger partial charge is 0.319 e. The van der Waals surface area contributed by atoms with Crippen molar-refractivity contribution in [3.05, 3.63) is 24.0 Å². The first-order chi connectivity index (χ1) is 9.47. The van der Waals surface area contributed by atoms with Crippen molar-refractivity contribution in [2.75, 3.05) is 18.5 Å². The summed E-state index contributed by atoms with van der Waals surface area (Å²) in [4.78, 5) is 26.3. The highest BCUT2D eigenvalue weighted by atomic mass is 16.5. The van der Waals surface area contributed by atoms with Crippen molar-refractivity contribution in [3.63, 3.8) is 0 Å². The summed E-state index contributed by atoms with van der Waals surface area (Å²) in [5.41, 5.74) is 0.611. The molecule has 2 rings (SSSR count). The van der Waals surface area contributed by atoms with E-state index in [0.29, 0.717) is 24.6 Å². The molecule has 1 atom stereocenters. The van der Waals surface area contributed by atoms with Gasteiger partial charge >= 0.3 is 12.0 Å². The van der Waals surface area contributed by atoms with Gasteiger partial charge in [-0.15, -0.1) is 0 Å². The van der Waals surface area contributed by atoms with Crippen molar-refractivity contribution in [3.8, 4) is 0 Å². The van der Waals surface area contributed by atoms with Crippen LogP contribution in [0.3, 0.4) is 0 Å². The van der Waals surface area contributed by atoms with E-state index in [4.69, 9.17) is 9.84 Å². The Morgan fingerprint density at radius 1 is 1.50 bits per heavy atom. The number of aromatic nitrogens is 1. The van der Waals surface area contributed by atoms with Crippen molar-refractivity contribution >= 4 is 17.7 Å². The second-order valence-electron chi connectivity index (χ2n) is 5.05. The van der Waals surface area contributed by atoms with Crippen LogP contribution in [0.5, 0.6) is 0 Å². The van der Waals surface area contributed by atoms with Gasteiger partial charge in [-0.05, 0) is 25.5 Å². The molecule has 7 heteroatoms. The van der Waals surface area contributed by atoms with Crippen LogP contribution >= 0.6 is 0 Å². The van der Waals surface area contributed by atoms with Crippen LogP contribution in [0.4, 0.5) is 10.5 Å². The van der Waals surface area contributed by atoms with E-state index in [1.807, 2.05) is 6.92 Å². The van der Waals surface area contributed by atoms with Crippen LogP contribution < -0.4 is 10.6 Å². The summed E-state index contributed by atoms with van der Waals surface area (Å²) in [7, 11) is 0. The molecule has 2 heterocycles. The molecule has 108 valence electrons. The van der Waals surface area contributed by atoms with Crippen LogP contribution in [0, 0.1) is 0 Å². The van der Waals surface area contributed by atoms with Gasteiger partial charge in [0.2, 0.25) is 0 Å². The van der Waals surface area contributed by atoms with Crippen molar-refractivity contribution in [1.29, 1.82) is 0 Å². The highest BCUT2D eigenvalue weighted by Crippen LogP contribution is 2.17. The maximum absolute atomic E-state index is 11.8. The lowest BCUT2D eigenvalue weighted by Gasteiger charge is -2.23. The molecule has 3 N–H and O–H groups in total. The van der Waals surface area contributed by atoms with Crippen molar-refractivity contribution in [2.24, 2.45) is 0 Å². The van der Waals surface area contributed by atoms with Crippen LogP contribution in [-0.4, -0.2) is 40.8 Å². The number of nitrogens with zero attached hydrogens (tertiary/aromatic N) is 1. The molecule has 1 aliphatic heterocycles. The summed E-state index contributed by atoms with van der Waals surface area (Å²) in [6.45, 7) is 3.06. The Kier molecular flexibility index (Phi) is 4.19. The third-order valence-corrected chi connectivity index (χ3v) is 3.05. The Bertz CT molecular complexity index is 495. The summed E-state index contributed by atoms with van der Waals surface area (Å²) in [5.74, 6) is -0.940. The number of carbonyl (C=O) groups is 2. The van der Waals surface area contributed by atoms with E-state index in [9.17, 15) is 9.59 Å². The lowest BCUT2D eigenvalue weighted by atomic mass is 10.0. The SMILES string of the molecule is CC1(NC(=O)Nc2ccc(CC(=O)O)nc2)CCOC1. The number of carbonyl (C=O) groups excluding carboxylic acids is 1. The number of carboxylic acids is 1. The van der Waals surface area contributed by atoms with E-state index in [2.05, 4.69) is 15.6 Å². The molecule has 0 saturated carbocycles. The maximum atomic E-state index is 11.8. The monoisotopic (exact) mass is 279 g/mol. The maximum Gasteiger partial charge on any atom is 0.319 e. The molecule has 1 aromatic heterocycles. The standard InChI is InChI=1S/C13H17N3O4/c1-13(4-5-20-8-13)16-12(19)15-10-3-2-9(14-7-10)6-11(17)18/h2-3,7H,4-6,8H2,1H3,(H,17,18)(H2,15,16,19). The number of anilines is 1. The topological polar surface area (TPSA) is 101 Å². The number of rotatable bonds is 4. The predicted octanol–water partition coefficient (Wildman–Crippen LogP) is 1.01. The Hall–Kier alpha value is -2.15. The summed E-state index contributed by atoms with van der Waals surface area (Å²) in [6.07, 6.45) is 2.07. The number of hydrogen-bond acceptors (Lipinski definition) is 4. The second-order valence-corrected chi connectivity index (χ2v) is 5.05. The van der Waals surface area contributed by atoms with Gasteiger partial charge in [-0.3, -0.25) is 9.78 Å². The second kappa shape index (κ2) is 5.87. The van der Waals surface area contributed by atoms with Gasteiger partial charge in [0.1, 0.15) is 0 Å². The van der Waals surface area contributed by atoms with E-state index < -0.39 is 5.97 Å². The van der Waals surface area contributed by atoms with E-state index in [0.717, 1.165) is 6.42 Å². The van der Waals surface area contributed by atoms with Gasteiger partial charge < -0.3 is 20.5 Å². The third-order valence-electron chi connectivity index (χ3n) is 3.05. The van der Waals surface area contributed by atoms with Crippen LogP contribution in [0.25, 0.3) is 0 Å². The van der Waals surface area contributed by atoms with Gasteiger partial charge in [-0.1, -0.05) is 0 Å². The minimum absolute atomic E-state index is 0.137. The minimum atomic E-state index is -0.940. The number of amides is 2. The van der Waals surface area contributed by atoms with Gasteiger partial charge in [-0.25, -0.2) is 4.79 Å². The zero-order valence-electron chi connectivity index (χ0n) is 11.2. The highest BCUT2D eigenvalue weighted by molar-refractivity contribution is 5.89. The molecular formula is C13H17N3O4. The molecule has 1 saturated heterocycles. The molecule has 7 nitrogen and oxygen atoms in total. The van der Waals surface area contributed by atoms with Crippen LogP contribution in [0.2, 0.25) is 0 Å². The number of hydrogen-bond donors (Lipinski definition) is 3. The largest absolute Gasteiger partial charge is 0.481 e. The van der Waals surface area contributed by atoms with Crippen LogP contribution in [0.15, 0.2) is 18.3 Å². The summed E-state index contributed by atoms with van der Waals surface area (Å²) in [5, 5.41) is 14.2. The molecule has 0 spiro atoms. The summed E-state index contributed by atoms with van der Waals surface area (Å²) in [6, 6.07) is 2.87. The average Bonchev–Trinajstić information content (AvgIpc) is 2.77. The number of aliphatic carboxylic acids is 1. The molecule has 2 amide bonds. The number of carboxylic acid groups (broad SMARTS) is 1. The Labute approximate surface area is 116 Å². The lowest BCUT2D eigenvalue weighted by Crippen LogP contribution is -2.48. The lowest BCUT2D eigenvalue weighted by molar-refractivity contribution is -0.136. The fraction of sp³-hybridized carbons (Fsp3) is 0.462. The molecule has 0 aliphatic carbocycles. The quantitative estimate of drug-likeness (QED) is 0.763. The molecule has 20 heavy (non-hydrogen) atoms. The molecule has 0 aromatic carbocycles. The first-order valence-electron chi connectivity index (χ1n) is 6.30. The molecular weight excluding hydrogens is 262 g/mol. The Morgan fingerprint density at radius 3 is 2.85 bits per heavy atom. The van der Waals surface area contributed by atoms with Crippen molar-refractivity contribution in [1.82, 2.24) is 10.3 Å². The predicted molar refractivity (Wildman–Crippen MR) is 71.6 cm³/mol. The fourth-order valence-corrected chi connectivity index (χ4v) is 1.96. The van der Waals surface area contributed by atoms with Crippen LogP contribution in [0.1, 0.15) is 19.0 Å². The fourth-order valence-electron chi connectivity index (χ4n) is 1.96. The van der Waals surface area contributed by atoms with Gasteiger partial charge in [0.25, 0.3) is 0 Å². The number of pyridine rings is 1. The number of ether oxygens (including phenoxy) is 1. The van der Waals surface area contributed by atoms with Gasteiger partial charge in [0, 0.05) is 6.61 Å². The molecule has 1 aromatic rings. The van der Waals surface area contributed by atoms with Crippen molar-refractivity contribution in [2.45, 2.75) is 25.3 Å². The third kappa shape index (κ3) is 3.92. The van der Waals surface area contributed by atoms with E-state index in [1.165, 1.54) is 6.20 Å². The normalized spacial score (nSPS) is 21.4. The minimum Gasteiger partial charge on any atom is -0.481 e. The Morgan fingerprint density at radius 2 is 2.30 bits per heavy atom. The highest BCUT2D eigenvalue weighted by Gasteiger charge is 2.31. The Balaban J connectivity index is 1.89. The summed E-state index contributed by atoms with van der Waals surface area (Å²) < 4.78 is 5.25. The first-order valence-corrected chi connectivity index (χ1v) is 6.30. The molecule has 1 fully saturated rings. The van der Waals surface area contributed by atoms with E-state index in [-0.39, 0.29) is 18.0 Å². The van der Waals surface area contributed by atoms with Gasteiger partial charge in [0.05, 0.1) is 36.1 Å². The van der Waals surface area contributed by atoms with Gasteiger partial charge in [0.15, 0.2) is 0 Å². The zero-order valence-corrected chi connectivity index (χ0v) is 11.2. The number of urea groups is 1. The summed E-state index contributed by atoms with van der Waals surface area (Å²) >= 11 is 0. The molecule has 1 aliphatic rings. The van der Waals surface area contributed by atoms with Crippen molar-refractivity contribution < 1.29 is 19.4 Å². The number of nitrogens with one attached hydrogen (secondary N) is 2. The van der Waals surface area contributed by atoms with Crippen LogP contribution in [-0.2, 0) is 16.0 Å². The van der Waals surface area contributed by atoms with E-state index in [1.54, 1.807) is 12.1 Å². The zero-order chi connectivity index (χ0) is 14.6. The molecule has 0 radical (unpaired) electrons. The first kappa shape index (κ1) is 14.3. The molecule has 0 bridgehead atoms. The van der Waals surface area contributed by atoms with Gasteiger partial charge in [-0.2, -0.15) is 0 Å². The van der Waals surface area contributed by atoms with E-state index >= 15 is 0 Å². The molecule has 1 unspecified atom stereocenters.